The van der Waals surface area contributed by atoms with Gasteiger partial charge in [-0.25, -0.2) is 0 Å². The van der Waals surface area contributed by atoms with Crippen molar-refractivity contribution in [1.82, 2.24) is 15.0 Å². The van der Waals surface area contributed by atoms with Crippen molar-refractivity contribution in [3.8, 4) is 5.69 Å². The van der Waals surface area contributed by atoms with Crippen LogP contribution in [0, 0.1) is 0 Å². The van der Waals surface area contributed by atoms with Gasteiger partial charge in [0.05, 0.1) is 23.6 Å². The van der Waals surface area contributed by atoms with E-state index in [0.29, 0.717) is 6.29 Å². The molecule has 0 aliphatic carbocycles. The first-order valence-corrected chi connectivity index (χ1v) is 4.55. The number of nitrogens with zero attached hydrogens (tertiary/aromatic N) is 3. The molecule has 4 nitrogen and oxygen atoms in total. The lowest BCUT2D eigenvalue weighted by Gasteiger charge is -2.09. The van der Waals surface area contributed by atoms with Gasteiger partial charge in [0, 0.05) is 5.56 Å². The highest BCUT2D eigenvalue weighted by Gasteiger charge is 2.31. The number of aldehydes is 1. The summed E-state index contributed by atoms with van der Waals surface area (Å²) in [5, 5.41) is 7.41. The van der Waals surface area contributed by atoms with Crippen LogP contribution in [0.2, 0.25) is 0 Å². The van der Waals surface area contributed by atoms with E-state index in [1.165, 1.54) is 18.5 Å². The fourth-order valence-electron chi connectivity index (χ4n) is 1.33. The number of alkyl halides is 3. The summed E-state index contributed by atoms with van der Waals surface area (Å²) in [6.45, 7) is 0. The highest BCUT2D eigenvalue weighted by Crippen LogP contribution is 2.31. The van der Waals surface area contributed by atoms with Crippen LogP contribution in [0.15, 0.2) is 30.6 Å². The Hall–Kier alpha value is -2.18. The summed E-state index contributed by atoms with van der Waals surface area (Å²) in [6, 6.07) is 2.94. The molecule has 0 amide bonds. The van der Waals surface area contributed by atoms with Crippen LogP contribution < -0.4 is 0 Å². The molecular formula is C10H6F3N3O. The molecule has 0 spiro atoms. The van der Waals surface area contributed by atoms with Crippen LogP contribution in [-0.2, 0) is 6.18 Å². The quantitative estimate of drug-likeness (QED) is 0.756. The van der Waals surface area contributed by atoms with E-state index >= 15 is 0 Å². The van der Waals surface area contributed by atoms with Gasteiger partial charge >= 0.3 is 6.18 Å². The van der Waals surface area contributed by atoms with E-state index in [1.807, 2.05) is 0 Å². The highest BCUT2D eigenvalue weighted by atomic mass is 19.4. The van der Waals surface area contributed by atoms with E-state index in [9.17, 15) is 18.0 Å². The molecule has 0 N–H and O–H groups in total. The zero-order valence-electron chi connectivity index (χ0n) is 8.35. The van der Waals surface area contributed by atoms with Gasteiger partial charge in [-0.1, -0.05) is 0 Å². The summed E-state index contributed by atoms with van der Waals surface area (Å²) < 4.78 is 37.7. The molecule has 17 heavy (non-hydrogen) atoms. The van der Waals surface area contributed by atoms with Gasteiger partial charge in [-0.15, -0.1) is 0 Å². The Morgan fingerprint density at radius 2 is 1.76 bits per heavy atom. The molecule has 0 unspecified atom stereocenters. The molecule has 1 heterocycles. The molecule has 2 aromatic rings. The zero-order chi connectivity index (χ0) is 12.5. The third-order valence-corrected chi connectivity index (χ3v) is 2.05. The van der Waals surface area contributed by atoms with E-state index < -0.39 is 11.7 Å². The van der Waals surface area contributed by atoms with Crippen LogP contribution in [0.25, 0.3) is 5.69 Å². The van der Waals surface area contributed by atoms with Gasteiger partial charge in [0.2, 0.25) is 0 Å². The van der Waals surface area contributed by atoms with Crippen molar-refractivity contribution in [1.29, 1.82) is 0 Å². The van der Waals surface area contributed by atoms with E-state index in [4.69, 9.17) is 0 Å². The number of rotatable bonds is 2. The lowest BCUT2D eigenvalue weighted by Crippen LogP contribution is -2.08. The number of hydrogen-bond donors (Lipinski definition) is 0. The third kappa shape index (κ3) is 2.32. The molecule has 88 valence electrons. The van der Waals surface area contributed by atoms with Crippen LogP contribution in [0.1, 0.15) is 15.9 Å². The summed E-state index contributed by atoms with van der Waals surface area (Å²) in [6.07, 6.45) is -1.50. The van der Waals surface area contributed by atoms with Gasteiger partial charge < -0.3 is 0 Å². The Balaban J connectivity index is 2.58. The molecule has 0 aliphatic heterocycles. The second-order valence-corrected chi connectivity index (χ2v) is 3.25. The standard InChI is InChI=1S/C10H6F3N3O/c11-10(12,13)8-3-7(6-17)4-9(5-8)16-14-1-2-15-16/h1-6H. The van der Waals surface area contributed by atoms with Crippen molar-refractivity contribution in [2.75, 3.05) is 0 Å². The van der Waals surface area contributed by atoms with Crippen molar-refractivity contribution in [3.05, 3.63) is 41.7 Å². The average molecular weight is 241 g/mol. The smallest absolute Gasteiger partial charge is 0.298 e. The Morgan fingerprint density at radius 1 is 1.12 bits per heavy atom. The molecule has 0 saturated carbocycles. The molecule has 1 aromatic heterocycles. The first kappa shape index (κ1) is 11.3. The first-order chi connectivity index (χ1) is 8.00. The minimum Gasteiger partial charge on any atom is -0.298 e. The zero-order valence-corrected chi connectivity index (χ0v) is 8.35. The lowest BCUT2D eigenvalue weighted by molar-refractivity contribution is -0.137. The number of halogens is 3. The average Bonchev–Trinajstić information content (AvgIpc) is 2.80. The van der Waals surface area contributed by atoms with Crippen LogP contribution >= 0.6 is 0 Å². The van der Waals surface area contributed by atoms with Gasteiger partial charge in [-0.3, -0.25) is 4.79 Å². The molecule has 0 aliphatic rings. The largest absolute Gasteiger partial charge is 0.416 e. The minimum atomic E-state index is -4.51. The Labute approximate surface area is 93.7 Å². The topological polar surface area (TPSA) is 47.8 Å². The van der Waals surface area contributed by atoms with E-state index in [-0.39, 0.29) is 11.3 Å². The normalized spacial score (nSPS) is 11.5. The maximum Gasteiger partial charge on any atom is 0.416 e. The number of carbonyl (C=O) groups is 1. The molecule has 0 bridgehead atoms. The number of hydrogen-bond acceptors (Lipinski definition) is 3. The second kappa shape index (κ2) is 4.00. The second-order valence-electron chi connectivity index (χ2n) is 3.25. The lowest BCUT2D eigenvalue weighted by atomic mass is 10.1. The summed E-state index contributed by atoms with van der Waals surface area (Å²) in [4.78, 5) is 11.6. The molecular weight excluding hydrogens is 235 g/mol. The Kier molecular flexibility index (Phi) is 2.66. The van der Waals surface area contributed by atoms with Crippen molar-refractivity contribution < 1.29 is 18.0 Å². The summed E-state index contributed by atoms with van der Waals surface area (Å²) in [5.41, 5.74) is -0.895. The molecule has 0 atom stereocenters. The van der Waals surface area contributed by atoms with Crippen LogP contribution in [0.4, 0.5) is 13.2 Å². The van der Waals surface area contributed by atoms with Crippen molar-refractivity contribution in [2.24, 2.45) is 0 Å². The molecule has 0 radical (unpaired) electrons. The highest BCUT2D eigenvalue weighted by molar-refractivity contribution is 5.76. The third-order valence-electron chi connectivity index (χ3n) is 2.05. The molecule has 7 heteroatoms. The van der Waals surface area contributed by atoms with Gasteiger partial charge in [0.1, 0.15) is 6.29 Å². The minimum absolute atomic E-state index is 0.0767. The predicted molar refractivity (Wildman–Crippen MR) is 51.7 cm³/mol. The summed E-state index contributed by atoms with van der Waals surface area (Å²) in [5.74, 6) is 0. The summed E-state index contributed by atoms with van der Waals surface area (Å²) in [7, 11) is 0. The molecule has 0 saturated heterocycles. The molecule has 0 fully saturated rings. The predicted octanol–water partition coefficient (Wildman–Crippen LogP) is 2.10. The fraction of sp³-hybridized carbons (Fsp3) is 0.100. The first-order valence-electron chi connectivity index (χ1n) is 4.55. The number of aromatic nitrogens is 3. The number of benzene rings is 1. The Bertz CT molecular complexity index is 534. The van der Waals surface area contributed by atoms with Crippen LogP contribution in [-0.4, -0.2) is 21.3 Å². The monoisotopic (exact) mass is 241 g/mol. The van der Waals surface area contributed by atoms with Crippen molar-refractivity contribution >= 4 is 6.29 Å². The van der Waals surface area contributed by atoms with Gasteiger partial charge in [0.15, 0.2) is 0 Å². The molecule has 1 aromatic carbocycles. The van der Waals surface area contributed by atoms with Gasteiger partial charge in [-0.2, -0.15) is 28.2 Å². The van der Waals surface area contributed by atoms with E-state index in [0.717, 1.165) is 16.9 Å². The van der Waals surface area contributed by atoms with E-state index in [2.05, 4.69) is 10.2 Å². The van der Waals surface area contributed by atoms with Gasteiger partial charge in [0.25, 0.3) is 0 Å². The van der Waals surface area contributed by atoms with Crippen molar-refractivity contribution in [3.63, 3.8) is 0 Å². The maximum absolute atomic E-state index is 12.6. The summed E-state index contributed by atoms with van der Waals surface area (Å²) >= 11 is 0. The maximum atomic E-state index is 12.6. The van der Waals surface area contributed by atoms with E-state index in [1.54, 1.807) is 0 Å². The SMILES string of the molecule is O=Cc1cc(-n2nccn2)cc(C(F)(F)F)c1. The molecule has 2 rings (SSSR count). The fourth-order valence-corrected chi connectivity index (χ4v) is 1.33. The van der Waals surface area contributed by atoms with Crippen LogP contribution in [0.5, 0.6) is 0 Å². The van der Waals surface area contributed by atoms with Gasteiger partial charge in [-0.05, 0) is 18.2 Å². The van der Waals surface area contributed by atoms with Crippen LogP contribution in [0.3, 0.4) is 0 Å². The number of carbonyl (C=O) groups excluding carboxylic acids is 1. The van der Waals surface area contributed by atoms with Crippen molar-refractivity contribution in [2.45, 2.75) is 6.18 Å². The Morgan fingerprint density at radius 3 is 2.29 bits per heavy atom.